The number of hydrogen-bond donors (Lipinski definition) is 3. The Bertz CT molecular complexity index is 417. The lowest BCUT2D eigenvalue weighted by Gasteiger charge is -2.14. The fourth-order valence-electron chi connectivity index (χ4n) is 2.53. The molecule has 0 bridgehead atoms. The van der Waals surface area contributed by atoms with E-state index in [9.17, 15) is 5.11 Å². The molecule has 1 aromatic rings. The van der Waals surface area contributed by atoms with Gasteiger partial charge in [0.2, 0.25) is 0 Å². The summed E-state index contributed by atoms with van der Waals surface area (Å²) in [5.74, 6) is 2.09. The highest BCUT2D eigenvalue weighted by Gasteiger charge is 2.24. The van der Waals surface area contributed by atoms with Gasteiger partial charge in [0.1, 0.15) is 5.75 Å². The number of aliphatic hydroxyl groups excluding tert-OH is 1. The summed E-state index contributed by atoms with van der Waals surface area (Å²) in [5.41, 5.74) is 1.25. The van der Waals surface area contributed by atoms with E-state index in [-0.39, 0.29) is 6.10 Å². The summed E-state index contributed by atoms with van der Waals surface area (Å²) >= 11 is 0. The minimum atomic E-state index is -0.208. The van der Waals surface area contributed by atoms with Crippen LogP contribution in [0.25, 0.3) is 0 Å². The Balaban J connectivity index is 1.38. The molecule has 2 aliphatic rings. The minimum absolute atomic E-state index is 0.208. The summed E-state index contributed by atoms with van der Waals surface area (Å²) in [7, 11) is 0. The fraction of sp³-hybridized carbons (Fsp3) is 0.625. The van der Waals surface area contributed by atoms with Crippen molar-refractivity contribution in [3.63, 3.8) is 0 Å². The lowest BCUT2D eigenvalue weighted by Crippen LogP contribution is -2.30. The molecule has 20 heavy (non-hydrogen) atoms. The van der Waals surface area contributed by atoms with Gasteiger partial charge in [-0.25, -0.2) is 0 Å². The van der Waals surface area contributed by atoms with Crippen LogP contribution in [0.4, 0.5) is 0 Å². The summed E-state index contributed by atoms with van der Waals surface area (Å²) in [6.45, 7) is 4.19. The van der Waals surface area contributed by atoms with E-state index in [0.29, 0.717) is 5.92 Å². The summed E-state index contributed by atoms with van der Waals surface area (Å²) in [4.78, 5) is 0. The highest BCUT2D eigenvalue weighted by atomic mass is 16.5. The first kappa shape index (κ1) is 13.9. The first-order chi connectivity index (χ1) is 9.81. The second-order valence-electron chi connectivity index (χ2n) is 6.01. The minimum Gasteiger partial charge on any atom is -0.493 e. The van der Waals surface area contributed by atoms with Crippen LogP contribution in [0, 0.1) is 11.8 Å². The first-order valence-corrected chi connectivity index (χ1v) is 7.62. The van der Waals surface area contributed by atoms with Gasteiger partial charge < -0.3 is 20.5 Å². The highest BCUT2D eigenvalue weighted by molar-refractivity contribution is 5.27. The van der Waals surface area contributed by atoms with E-state index >= 15 is 0 Å². The molecule has 0 amide bonds. The van der Waals surface area contributed by atoms with Gasteiger partial charge in [-0.3, -0.25) is 0 Å². The molecule has 0 radical (unpaired) electrons. The quantitative estimate of drug-likeness (QED) is 0.699. The zero-order valence-electron chi connectivity index (χ0n) is 11.8. The molecule has 2 atom stereocenters. The summed E-state index contributed by atoms with van der Waals surface area (Å²) in [6, 6.07) is 8.31. The van der Waals surface area contributed by atoms with Crippen molar-refractivity contribution >= 4 is 0 Å². The van der Waals surface area contributed by atoms with Crippen molar-refractivity contribution in [1.29, 1.82) is 0 Å². The van der Waals surface area contributed by atoms with E-state index in [1.807, 2.05) is 12.1 Å². The largest absolute Gasteiger partial charge is 0.493 e. The Kier molecular flexibility index (Phi) is 4.55. The van der Waals surface area contributed by atoms with Crippen LogP contribution in [0.1, 0.15) is 18.4 Å². The van der Waals surface area contributed by atoms with Gasteiger partial charge in [0.15, 0.2) is 0 Å². The molecular formula is C16H24N2O2. The van der Waals surface area contributed by atoms with Crippen molar-refractivity contribution in [2.24, 2.45) is 11.8 Å². The van der Waals surface area contributed by atoms with Gasteiger partial charge in [-0.15, -0.1) is 0 Å². The number of ether oxygens (including phenoxy) is 1. The molecule has 1 heterocycles. The van der Waals surface area contributed by atoms with Crippen molar-refractivity contribution in [3.8, 4) is 5.75 Å². The molecule has 3 rings (SSSR count). The second kappa shape index (κ2) is 6.57. The first-order valence-electron chi connectivity index (χ1n) is 7.62. The predicted octanol–water partition coefficient (Wildman–Crippen LogP) is 1.15. The lowest BCUT2D eigenvalue weighted by atomic mass is 10.1. The predicted molar refractivity (Wildman–Crippen MR) is 78.7 cm³/mol. The third-order valence-corrected chi connectivity index (χ3v) is 4.15. The van der Waals surface area contributed by atoms with Crippen molar-refractivity contribution in [2.45, 2.75) is 25.5 Å². The SMILES string of the molecule is OC1CNCC1CNCc1ccc(OCC2CC2)cc1. The van der Waals surface area contributed by atoms with Gasteiger partial charge in [0.25, 0.3) is 0 Å². The van der Waals surface area contributed by atoms with Crippen LogP contribution >= 0.6 is 0 Å². The topological polar surface area (TPSA) is 53.5 Å². The van der Waals surface area contributed by atoms with E-state index in [1.165, 1.54) is 18.4 Å². The van der Waals surface area contributed by atoms with Gasteiger partial charge in [-0.05, 0) is 36.5 Å². The third kappa shape index (κ3) is 3.95. The number of nitrogens with one attached hydrogen (secondary N) is 2. The molecule has 3 N–H and O–H groups in total. The monoisotopic (exact) mass is 276 g/mol. The van der Waals surface area contributed by atoms with E-state index in [4.69, 9.17) is 4.74 Å². The number of hydrogen-bond acceptors (Lipinski definition) is 4. The molecule has 2 unspecified atom stereocenters. The third-order valence-electron chi connectivity index (χ3n) is 4.15. The fourth-order valence-corrected chi connectivity index (χ4v) is 2.53. The van der Waals surface area contributed by atoms with Crippen LogP contribution in [-0.4, -0.2) is 37.5 Å². The number of β-amino-alcohol motifs (C(OH)–C–C–N with tert-alkyl or cyclic N) is 1. The Morgan fingerprint density at radius 2 is 2.00 bits per heavy atom. The number of benzene rings is 1. The molecule has 110 valence electrons. The molecule has 1 aliphatic carbocycles. The summed E-state index contributed by atoms with van der Waals surface area (Å²) < 4.78 is 5.72. The van der Waals surface area contributed by atoms with Gasteiger partial charge >= 0.3 is 0 Å². The molecule has 1 aliphatic heterocycles. The van der Waals surface area contributed by atoms with E-state index in [2.05, 4.69) is 22.8 Å². The molecule has 4 heteroatoms. The van der Waals surface area contributed by atoms with Crippen molar-refractivity contribution in [1.82, 2.24) is 10.6 Å². The Morgan fingerprint density at radius 1 is 1.20 bits per heavy atom. The average molecular weight is 276 g/mol. The number of rotatable bonds is 7. The smallest absolute Gasteiger partial charge is 0.119 e. The maximum Gasteiger partial charge on any atom is 0.119 e. The Morgan fingerprint density at radius 3 is 2.65 bits per heavy atom. The Hall–Kier alpha value is -1.10. The van der Waals surface area contributed by atoms with Crippen molar-refractivity contribution in [3.05, 3.63) is 29.8 Å². The van der Waals surface area contributed by atoms with E-state index in [0.717, 1.165) is 44.5 Å². The molecule has 0 aromatic heterocycles. The molecule has 0 spiro atoms. The van der Waals surface area contributed by atoms with Crippen LogP contribution in [0.3, 0.4) is 0 Å². The zero-order valence-corrected chi connectivity index (χ0v) is 11.8. The van der Waals surface area contributed by atoms with Crippen molar-refractivity contribution < 1.29 is 9.84 Å². The van der Waals surface area contributed by atoms with Crippen LogP contribution in [0.2, 0.25) is 0 Å². The van der Waals surface area contributed by atoms with Gasteiger partial charge in [0, 0.05) is 32.1 Å². The van der Waals surface area contributed by atoms with Crippen LogP contribution in [0.15, 0.2) is 24.3 Å². The lowest BCUT2D eigenvalue weighted by molar-refractivity contribution is 0.146. The maximum absolute atomic E-state index is 9.71. The van der Waals surface area contributed by atoms with Crippen molar-refractivity contribution in [2.75, 3.05) is 26.2 Å². The maximum atomic E-state index is 9.71. The van der Waals surface area contributed by atoms with Crippen LogP contribution in [-0.2, 0) is 6.54 Å². The normalized spacial score (nSPS) is 25.9. The van der Waals surface area contributed by atoms with Gasteiger partial charge in [-0.2, -0.15) is 0 Å². The molecule has 2 fully saturated rings. The van der Waals surface area contributed by atoms with E-state index in [1.54, 1.807) is 0 Å². The summed E-state index contributed by atoms with van der Waals surface area (Å²) in [6.07, 6.45) is 2.44. The Labute approximate surface area is 120 Å². The van der Waals surface area contributed by atoms with Crippen LogP contribution < -0.4 is 15.4 Å². The molecule has 1 saturated heterocycles. The number of aliphatic hydroxyl groups is 1. The molecular weight excluding hydrogens is 252 g/mol. The van der Waals surface area contributed by atoms with Gasteiger partial charge in [-0.1, -0.05) is 12.1 Å². The molecule has 4 nitrogen and oxygen atoms in total. The molecule has 1 saturated carbocycles. The van der Waals surface area contributed by atoms with E-state index < -0.39 is 0 Å². The summed E-state index contributed by atoms with van der Waals surface area (Å²) in [5, 5.41) is 16.3. The average Bonchev–Trinajstić information content (AvgIpc) is 3.21. The highest BCUT2D eigenvalue weighted by Crippen LogP contribution is 2.29. The second-order valence-corrected chi connectivity index (χ2v) is 6.01. The molecule has 1 aromatic carbocycles. The van der Waals surface area contributed by atoms with Crippen LogP contribution in [0.5, 0.6) is 5.75 Å². The standard InChI is InChI=1S/C16H24N2O2/c19-16-10-18-9-14(16)8-17-7-12-3-5-15(6-4-12)20-11-13-1-2-13/h3-6,13-14,16-19H,1-2,7-11H2. The van der Waals surface area contributed by atoms with Gasteiger partial charge in [0.05, 0.1) is 12.7 Å². The zero-order chi connectivity index (χ0) is 13.8.